The number of carboxylic acid groups (broad SMARTS) is 1. The van der Waals surface area contributed by atoms with Gasteiger partial charge >= 0.3 is 5.97 Å². The molecule has 1 rings (SSSR count). The van der Waals surface area contributed by atoms with E-state index in [1.165, 1.54) is 0 Å². The zero-order valence-corrected chi connectivity index (χ0v) is 8.66. The number of aliphatic carboxylic acids is 1. The molecule has 16 heavy (non-hydrogen) atoms. The molecule has 0 aliphatic carbocycles. The fourth-order valence-electron chi connectivity index (χ4n) is 1.15. The van der Waals surface area contributed by atoms with Gasteiger partial charge in [0.2, 0.25) is 11.9 Å². The third-order valence-electron chi connectivity index (χ3n) is 2.03. The first-order valence-corrected chi connectivity index (χ1v) is 4.74. The number of imidazole rings is 1. The van der Waals surface area contributed by atoms with E-state index in [1.807, 2.05) is 0 Å². The number of hydrogen-bond acceptors (Lipinski definition) is 3. The molecule has 0 spiro atoms. The molecule has 1 aromatic heterocycles. The first kappa shape index (κ1) is 12.2. The highest BCUT2D eigenvalue weighted by molar-refractivity contribution is 5.83. The van der Waals surface area contributed by atoms with Crippen LogP contribution in [0.15, 0.2) is 6.33 Å². The largest absolute Gasteiger partial charge is 0.480 e. The number of carboxylic acids is 1. The number of carbonyl (C=O) groups excluding carboxylic acids is 1. The quantitative estimate of drug-likeness (QED) is 0.665. The molecule has 1 amide bonds. The zero-order chi connectivity index (χ0) is 12.1. The number of nitrogens with zero attached hydrogens (tertiary/aromatic N) is 1. The number of aromatic amines is 1. The molecular formula is C9H12FN3O3. The predicted octanol–water partition coefficient (Wildman–Crippen LogP) is 0.0707. The van der Waals surface area contributed by atoms with Crippen molar-refractivity contribution in [3.63, 3.8) is 0 Å². The van der Waals surface area contributed by atoms with E-state index in [4.69, 9.17) is 5.11 Å². The van der Waals surface area contributed by atoms with Gasteiger partial charge in [0.15, 0.2) is 0 Å². The average molecular weight is 229 g/mol. The molecular weight excluding hydrogens is 217 g/mol. The molecule has 0 bridgehead atoms. The van der Waals surface area contributed by atoms with Gasteiger partial charge in [-0.3, -0.25) is 4.79 Å². The monoisotopic (exact) mass is 229 g/mol. The van der Waals surface area contributed by atoms with E-state index in [2.05, 4.69) is 15.3 Å². The van der Waals surface area contributed by atoms with E-state index in [0.29, 0.717) is 0 Å². The van der Waals surface area contributed by atoms with Crippen LogP contribution in [0.3, 0.4) is 0 Å². The summed E-state index contributed by atoms with van der Waals surface area (Å²) < 4.78 is 12.9. The highest BCUT2D eigenvalue weighted by atomic mass is 19.1. The Kier molecular flexibility index (Phi) is 3.98. The minimum absolute atomic E-state index is 0.0591. The Balaban J connectivity index is 2.69. The Morgan fingerprint density at radius 2 is 2.38 bits per heavy atom. The molecule has 1 heterocycles. The summed E-state index contributed by atoms with van der Waals surface area (Å²) in [4.78, 5) is 27.6. The van der Waals surface area contributed by atoms with Gasteiger partial charge in [0.05, 0.1) is 12.0 Å². The van der Waals surface area contributed by atoms with Gasteiger partial charge in [-0.1, -0.05) is 6.92 Å². The topological polar surface area (TPSA) is 95.1 Å². The lowest BCUT2D eigenvalue weighted by Gasteiger charge is -2.12. The van der Waals surface area contributed by atoms with Gasteiger partial charge in [0, 0.05) is 12.8 Å². The number of H-pyrrole nitrogens is 1. The fraction of sp³-hybridized carbons (Fsp3) is 0.444. The lowest BCUT2D eigenvalue weighted by atomic mass is 10.1. The summed E-state index contributed by atoms with van der Waals surface area (Å²) in [5.74, 6) is -2.36. The normalized spacial score (nSPS) is 12.1. The Labute approximate surface area is 90.9 Å². The van der Waals surface area contributed by atoms with Crippen molar-refractivity contribution in [3.8, 4) is 0 Å². The molecule has 0 unspecified atom stereocenters. The molecule has 0 aliphatic rings. The predicted molar refractivity (Wildman–Crippen MR) is 52.1 cm³/mol. The summed E-state index contributed by atoms with van der Waals surface area (Å²) in [6.45, 7) is 1.60. The van der Waals surface area contributed by atoms with Crippen molar-refractivity contribution in [2.45, 2.75) is 25.8 Å². The maximum absolute atomic E-state index is 12.9. The third kappa shape index (κ3) is 3.04. The number of carbonyl (C=O) groups is 2. The van der Waals surface area contributed by atoms with E-state index in [1.54, 1.807) is 6.92 Å². The van der Waals surface area contributed by atoms with Crippen LogP contribution in [-0.2, 0) is 16.0 Å². The van der Waals surface area contributed by atoms with Crippen molar-refractivity contribution in [1.82, 2.24) is 15.3 Å². The standard InChI is InChI=1S/C9H12FN3O3/c1-2-7(14)13-6(9(15)16)3-5-8(10)12-4-11-5/h4,6H,2-3H2,1H3,(H,11,12)(H,13,14)(H,15,16)/t6-/m0/s1. The Bertz CT molecular complexity index is 391. The Morgan fingerprint density at radius 1 is 1.69 bits per heavy atom. The van der Waals surface area contributed by atoms with Gasteiger partial charge in [-0.05, 0) is 0 Å². The molecule has 1 aromatic rings. The molecule has 0 radical (unpaired) electrons. The lowest BCUT2D eigenvalue weighted by Crippen LogP contribution is -2.42. The van der Waals surface area contributed by atoms with Gasteiger partial charge in [0.25, 0.3) is 0 Å². The Morgan fingerprint density at radius 3 is 2.81 bits per heavy atom. The number of aromatic nitrogens is 2. The van der Waals surface area contributed by atoms with Crippen LogP contribution in [0, 0.1) is 5.95 Å². The molecule has 0 saturated heterocycles. The van der Waals surface area contributed by atoms with Crippen LogP contribution in [0.5, 0.6) is 0 Å². The van der Waals surface area contributed by atoms with Crippen molar-refractivity contribution >= 4 is 11.9 Å². The lowest BCUT2D eigenvalue weighted by molar-refractivity contribution is -0.141. The SMILES string of the molecule is CCC(=O)N[C@@H](Cc1[nH]cnc1F)C(=O)O. The molecule has 1 atom stereocenters. The first-order valence-electron chi connectivity index (χ1n) is 4.74. The van der Waals surface area contributed by atoms with Crippen molar-refractivity contribution < 1.29 is 19.1 Å². The van der Waals surface area contributed by atoms with Crippen LogP contribution in [0.1, 0.15) is 19.0 Å². The van der Waals surface area contributed by atoms with Crippen LogP contribution in [-0.4, -0.2) is 33.0 Å². The van der Waals surface area contributed by atoms with E-state index < -0.39 is 23.9 Å². The van der Waals surface area contributed by atoms with E-state index in [-0.39, 0.29) is 18.5 Å². The summed E-state index contributed by atoms with van der Waals surface area (Å²) in [6, 6.07) is -1.15. The molecule has 0 aromatic carbocycles. The van der Waals surface area contributed by atoms with Gasteiger partial charge < -0.3 is 15.4 Å². The minimum atomic E-state index is -1.21. The van der Waals surface area contributed by atoms with Crippen LogP contribution >= 0.6 is 0 Å². The van der Waals surface area contributed by atoms with E-state index in [9.17, 15) is 14.0 Å². The number of rotatable bonds is 5. The molecule has 6 nitrogen and oxygen atoms in total. The number of hydrogen-bond donors (Lipinski definition) is 3. The van der Waals surface area contributed by atoms with Crippen molar-refractivity contribution in [2.75, 3.05) is 0 Å². The number of nitrogens with one attached hydrogen (secondary N) is 2. The third-order valence-corrected chi connectivity index (χ3v) is 2.03. The smallest absolute Gasteiger partial charge is 0.326 e. The fourth-order valence-corrected chi connectivity index (χ4v) is 1.15. The highest BCUT2D eigenvalue weighted by Gasteiger charge is 2.22. The van der Waals surface area contributed by atoms with Crippen LogP contribution in [0.25, 0.3) is 0 Å². The average Bonchev–Trinajstić information content (AvgIpc) is 2.63. The van der Waals surface area contributed by atoms with Gasteiger partial charge in [-0.2, -0.15) is 4.39 Å². The Hall–Kier alpha value is -1.92. The molecule has 0 aliphatic heterocycles. The van der Waals surface area contributed by atoms with Crippen molar-refractivity contribution in [3.05, 3.63) is 18.0 Å². The van der Waals surface area contributed by atoms with Crippen molar-refractivity contribution in [1.29, 1.82) is 0 Å². The molecule has 0 saturated carbocycles. The second-order valence-corrected chi connectivity index (χ2v) is 3.19. The molecule has 7 heteroatoms. The second kappa shape index (κ2) is 5.24. The highest BCUT2D eigenvalue weighted by Crippen LogP contribution is 2.04. The van der Waals surface area contributed by atoms with Gasteiger partial charge in [-0.25, -0.2) is 9.78 Å². The molecule has 88 valence electrons. The van der Waals surface area contributed by atoms with Crippen LogP contribution < -0.4 is 5.32 Å². The molecule has 0 fully saturated rings. The first-order chi connectivity index (χ1) is 7.54. The zero-order valence-electron chi connectivity index (χ0n) is 8.66. The van der Waals surface area contributed by atoms with Gasteiger partial charge in [-0.15, -0.1) is 0 Å². The van der Waals surface area contributed by atoms with Crippen LogP contribution in [0.2, 0.25) is 0 Å². The summed E-state index contributed by atoms with van der Waals surface area (Å²) >= 11 is 0. The van der Waals surface area contributed by atoms with Crippen LogP contribution in [0.4, 0.5) is 4.39 Å². The minimum Gasteiger partial charge on any atom is -0.480 e. The maximum Gasteiger partial charge on any atom is 0.326 e. The van der Waals surface area contributed by atoms with E-state index >= 15 is 0 Å². The maximum atomic E-state index is 12.9. The second-order valence-electron chi connectivity index (χ2n) is 3.19. The van der Waals surface area contributed by atoms with Gasteiger partial charge in [0.1, 0.15) is 6.04 Å². The number of amides is 1. The van der Waals surface area contributed by atoms with E-state index in [0.717, 1.165) is 6.33 Å². The summed E-state index contributed by atoms with van der Waals surface area (Å²) in [6.07, 6.45) is 1.15. The van der Waals surface area contributed by atoms with Crippen molar-refractivity contribution in [2.24, 2.45) is 0 Å². The number of halogens is 1. The summed E-state index contributed by atoms with van der Waals surface area (Å²) in [5, 5.41) is 11.1. The molecule has 3 N–H and O–H groups in total. The summed E-state index contributed by atoms with van der Waals surface area (Å²) in [7, 11) is 0. The summed E-state index contributed by atoms with van der Waals surface area (Å²) in [5.41, 5.74) is 0.0591.